The van der Waals surface area contributed by atoms with Crippen LogP contribution in [0.5, 0.6) is 0 Å². The van der Waals surface area contributed by atoms with Gasteiger partial charge in [0.05, 0.1) is 6.04 Å². The average molecular weight is 307 g/mol. The lowest BCUT2D eigenvalue weighted by molar-refractivity contribution is 0.571. The van der Waals surface area contributed by atoms with Crippen molar-refractivity contribution in [2.24, 2.45) is 0 Å². The maximum Gasteiger partial charge on any atom is 0.128 e. The number of nitrogens with one attached hydrogen (secondary N) is 1. The fraction of sp³-hybridized carbons (Fsp3) is 0.294. The Hall–Kier alpha value is -1.55. The molecule has 1 N–H and O–H groups in total. The van der Waals surface area contributed by atoms with Gasteiger partial charge in [-0.2, -0.15) is 0 Å². The molecule has 0 spiro atoms. The molecule has 0 aliphatic rings. The fourth-order valence-electron chi connectivity index (χ4n) is 2.17. The van der Waals surface area contributed by atoms with Gasteiger partial charge in [0.2, 0.25) is 0 Å². The molecule has 0 amide bonds. The predicted molar refractivity (Wildman–Crippen MR) is 86.0 cm³/mol. The SMILES string of the molecule is CCSc1ccccc1NC(C)c1cc(F)c(C)cc1F. The van der Waals surface area contributed by atoms with E-state index in [0.29, 0.717) is 11.1 Å². The Morgan fingerprint density at radius 2 is 1.86 bits per heavy atom. The fourth-order valence-corrected chi connectivity index (χ4v) is 2.94. The summed E-state index contributed by atoms with van der Waals surface area (Å²) in [5.41, 5.74) is 1.61. The third-order valence-corrected chi connectivity index (χ3v) is 4.26. The number of hydrogen-bond donors (Lipinski definition) is 1. The number of hydrogen-bond acceptors (Lipinski definition) is 2. The number of benzene rings is 2. The van der Waals surface area contributed by atoms with Gasteiger partial charge in [0.25, 0.3) is 0 Å². The summed E-state index contributed by atoms with van der Waals surface area (Å²) in [5.74, 6) is 0.200. The summed E-state index contributed by atoms with van der Waals surface area (Å²) in [5, 5.41) is 3.27. The van der Waals surface area contributed by atoms with E-state index in [9.17, 15) is 8.78 Å². The molecule has 0 saturated heterocycles. The largest absolute Gasteiger partial charge is 0.378 e. The van der Waals surface area contributed by atoms with Gasteiger partial charge in [-0.05, 0) is 49.4 Å². The van der Waals surface area contributed by atoms with E-state index in [1.807, 2.05) is 31.2 Å². The van der Waals surface area contributed by atoms with Crippen LogP contribution in [0.1, 0.15) is 31.0 Å². The van der Waals surface area contributed by atoms with Crippen molar-refractivity contribution in [2.45, 2.75) is 31.7 Å². The van der Waals surface area contributed by atoms with Crippen LogP contribution in [-0.4, -0.2) is 5.75 Å². The number of para-hydroxylation sites is 1. The highest BCUT2D eigenvalue weighted by Crippen LogP contribution is 2.30. The zero-order valence-electron chi connectivity index (χ0n) is 12.4. The van der Waals surface area contributed by atoms with Gasteiger partial charge in [0.15, 0.2) is 0 Å². The van der Waals surface area contributed by atoms with Crippen LogP contribution in [0.25, 0.3) is 0 Å². The van der Waals surface area contributed by atoms with E-state index in [2.05, 4.69) is 12.2 Å². The normalized spacial score (nSPS) is 12.2. The Balaban J connectivity index is 2.26. The van der Waals surface area contributed by atoms with Crippen LogP contribution in [0.3, 0.4) is 0 Å². The average Bonchev–Trinajstić information content (AvgIpc) is 2.45. The first-order chi connectivity index (χ1) is 10.0. The molecule has 0 radical (unpaired) electrons. The molecule has 0 fully saturated rings. The molecule has 0 saturated carbocycles. The summed E-state index contributed by atoms with van der Waals surface area (Å²) in [4.78, 5) is 1.11. The van der Waals surface area contributed by atoms with Crippen LogP contribution in [-0.2, 0) is 0 Å². The van der Waals surface area contributed by atoms with Crippen molar-refractivity contribution >= 4 is 17.4 Å². The highest BCUT2D eigenvalue weighted by molar-refractivity contribution is 7.99. The van der Waals surface area contributed by atoms with Crippen LogP contribution in [0.4, 0.5) is 14.5 Å². The van der Waals surface area contributed by atoms with Crippen molar-refractivity contribution in [2.75, 3.05) is 11.1 Å². The first kappa shape index (κ1) is 15.8. The minimum Gasteiger partial charge on any atom is -0.378 e. The van der Waals surface area contributed by atoms with Crippen molar-refractivity contribution in [3.63, 3.8) is 0 Å². The van der Waals surface area contributed by atoms with Crippen molar-refractivity contribution in [3.8, 4) is 0 Å². The van der Waals surface area contributed by atoms with Crippen molar-refractivity contribution in [1.82, 2.24) is 0 Å². The summed E-state index contributed by atoms with van der Waals surface area (Å²) in [7, 11) is 0. The van der Waals surface area contributed by atoms with Gasteiger partial charge in [-0.15, -0.1) is 11.8 Å². The van der Waals surface area contributed by atoms with Crippen LogP contribution < -0.4 is 5.32 Å². The lowest BCUT2D eigenvalue weighted by Gasteiger charge is -2.19. The molecule has 0 aliphatic heterocycles. The molecule has 0 aromatic heterocycles. The molecule has 1 atom stereocenters. The van der Waals surface area contributed by atoms with Gasteiger partial charge in [-0.25, -0.2) is 8.78 Å². The molecule has 1 unspecified atom stereocenters. The van der Waals surface area contributed by atoms with Crippen LogP contribution in [0.2, 0.25) is 0 Å². The zero-order valence-corrected chi connectivity index (χ0v) is 13.2. The second kappa shape index (κ2) is 6.94. The summed E-state index contributed by atoms with van der Waals surface area (Å²) in [6.45, 7) is 5.48. The molecule has 112 valence electrons. The Morgan fingerprint density at radius 1 is 1.14 bits per heavy atom. The van der Waals surface area contributed by atoms with Crippen LogP contribution >= 0.6 is 11.8 Å². The molecule has 21 heavy (non-hydrogen) atoms. The number of thioether (sulfide) groups is 1. The number of anilines is 1. The van der Waals surface area contributed by atoms with Crippen molar-refractivity contribution < 1.29 is 8.78 Å². The standard InChI is InChI=1S/C17H19F2NS/c1-4-21-17-8-6-5-7-16(17)20-12(3)13-10-14(18)11(2)9-15(13)19/h5-10,12,20H,4H2,1-3H3. The maximum atomic E-state index is 14.0. The highest BCUT2D eigenvalue weighted by Gasteiger charge is 2.15. The molecule has 0 heterocycles. The highest BCUT2D eigenvalue weighted by atomic mass is 32.2. The smallest absolute Gasteiger partial charge is 0.128 e. The summed E-state index contributed by atoms with van der Waals surface area (Å²) >= 11 is 1.72. The van der Waals surface area contributed by atoms with E-state index in [-0.39, 0.29) is 17.7 Å². The Kier molecular flexibility index (Phi) is 5.23. The minimum absolute atomic E-state index is 0.307. The van der Waals surface area contributed by atoms with Gasteiger partial charge in [-0.3, -0.25) is 0 Å². The molecule has 0 bridgehead atoms. The first-order valence-electron chi connectivity index (χ1n) is 6.96. The van der Waals surface area contributed by atoms with Gasteiger partial charge >= 0.3 is 0 Å². The van der Waals surface area contributed by atoms with Crippen molar-refractivity contribution in [1.29, 1.82) is 0 Å². The predicted octanol–water partition coefficient (Wildman–Crippen LogP) is 5.56. The Morgan fingerprint density at radius 3 is 2.57 bits per heavy atom. The lowest BCUT2D eigenvalue weighted by Crippen LogP contribution is -2.10. The topological polar surface area (TPSA) is 12.0 Å². The number of aryl methyl sites for hydroxylation is 1. The van der Waals surface area contributed by atoms with E-state index in [1.165, 1.54) is 12.1 Å². The number of rotatable bonds is 5. The summed E-state index contributed by atoms with van der Waals surface area (Å²) in [6.07, 6.45) is 0. The quantitative estimate of drug-likeness (QED) is 0.726. The molecular formula is C17H19F2NS. The van der Waals surface area contributed by atoms with Gasteiger partial charge in [0, 0.05) is 16.1 Å². The third kappa shape index (κ3) is 3.76. The third-order valence-electron chi connectivity index (χ3n) is 3.30. The van der Waals surface area contributed by atoms with Crippen molar-refractivity contribution in [3.05, 3.63) is 59.2 Å². The molecule has 4 heteroatoms. The lowest BCUT2D eigenvalue weighted by atomic mass is 10.0. The first-order valence-corrected chi connectivity index (χ1v) is 7.95. The molecule has 2 aromatic carbocycles. The second-order valence-electron chi connectivity index (χ2n) is 4.92. The molecule has 2 rings (SSSR count). The molecule has 1 nitrogen and oxygen atoms in total. The van der Waals surface area contributed by atoms with Crippen LogP contribution in [0.15, 0.2) is 41.3 Å². The van der Waals surface area contributed by atoms with E-state index in [1.54, 1.807) is 18.7 Å². The van der Waals surface area contributed by atoms with Gasteiger partial charge in [-0.1, -0.05) is 19.1 Å². The summed E-state index contributed by atoms with van der Waals surface area (Å²) in [6, 6.07) is 10.1. The van der Waals surface area contributed by atoms with Gasteiger partial charge < -0.3 is 5.32 Å². The van der Waals surface area contributed by atoms with E-state index in [0.717, 1.165) is 16.3 Å². The Labute approximate surface area is 128 Å². The minimum atomic E-state index is -0.380. The van der Waals surface area contributed by atoms with E-state index < -0.39 is 0 Å². The summed E-state index contributed by atoms with van der Waals surface area (Å²) < 4.78 is 27.7. The van der Waals surface area contributed by atoms with E-state index in [4.69, 9.17) is 0 Å². The van der Waals surface area contributed by atoms with Gasteiger partial charge in [0.1, 0.15) is 11.6 Å². The van der Waals surface area contributed by atoms with E-state index >= 15 is 0 Å². The van der Waals surface area contributed by atoms with Crippen LogP contribution in [0, 0.1) is 18.6 Å². The second-order valence-corrected chi connectivity index (χ2v) is 6.22. The molecular weight excluding hydrogens is 288 g/mol. The monoisotopic (exact) mass is 307 g/mol. The molecule has 2 aromatic rings. The zero-order chi connectivity index (χ0) is 15.4. The number of halogens is 2. The Bertz CT molecular complexity index is 628. The molecule has 0 aliphatic carbocycles. The maximum absolute atomic E-state index is 14.0.